The Morgan fingerprint density at radius 1 is 0.525 bits per heavy atom. The molecule has 0 radical (unpaired) electrons. The molecule has 61 heavy (non-hydrogen) atoms. The highest BCUT2D eigenvalue weighted by molar-refractivity contribution is 5.92. The summed E-state index contributed by atoms with van der Waals surface area (Å²) in [6.07, 6.45) is 3.66. The zero-order valence-corrected chi connectivity index (χ0v) is 36.1. The molecule has 2 aliphatic carbocycles. The molecular formula is C45H60N4O12. The summed E-state index contributed by atoms with van der Waals surface area (Å²) in [6, 6.07) is 10.2. The van der Waals surface area contributed by atoms with Crippen LogP contribution in [0.4, 0.5) is 41.9 Å². The van der Waals surface area contributed by atoms with Crippen molar-refractivity contribution < 1.29 is 57.2 Å². The molecule has 0 saturated heterocycles. The molecule has 4 N–H and O–H groups in total. The lowest BCUT2D eigenvalue weighted by Gasteiger charge is -2.46. The van der Waals surface area contributed by atoms with Crippen molar-refractivity contribution in [3.05, 3.63) is 71.8 Å². The number of nitrogens with one attached hydrogen (secondary N) is 4. The molecule has 2 aromatic carbocycles. The van der Waals surface area contributed by atoms with Gasteiger partial charge in [0.05, 0.1) is 0 Å². The van der Waals surface area contributed by atoms with Crippen LogP contribution in [0, 0.1) is 31.1 Å². The van der Waals surface area contributed by atoms with E-state index in [0.29, 0.717) is 45.7 Å². The van der Waals surface area contributed by atoms with Crippen molar-refractivity contribution in [1.82, 2.24) is 0 Å². The predicted octanol–water partition coefficient (Wildman–Crippen LogP) is 9.58. The third kappa shape index (κ3) is 14.6. The van der Waals surface area contributed by atoms with Crippen LogP contribution in [-0.2, 0) is 38.0 Å². The van der Waals surface area contributed by atoms with Crippen LogP contribution in [0.25, 0.3) is 0 Å². The van der Waals surface area contributed by atoms with Gasteiger partial charge in [0.2, 0.25) is 0 Å². The number of carbonyl (C=O) groups is 6. The summed E-state index contributed by atoms with van der Waals surface area (Å²) in [5.74, 6) is -0.233. The summed E-state index contributed by atoms with van der Waals surface area (Å²) in [5.41, 5.74) is 3.64. The fourth-order valence-corrected chi connectivity index (χ4v) is 7.65. The molecule has 0 aliphatic heterocycles. The van der Waals surface area contributed by atoms with Crippen molar-refractivity contribution in [2.24, 2.45) is 17.3 Å². The highest BCUT2D eigenvalue weighted by atomic mass is 16.6. The van der Waals surface area contributed by atoms with E-state index in [-0.39, 0.29) is 55.2 Å². The van der Waals surface area contributed by atoms with Crippen LogP contribution >= 0.6 is 0 Å². The van der Waals surface area contributed by atoms with E-state index < -0.39 is 36.3 Å². The Bertz CT molecular complexity index is 1790. The van der Waals surface area contributed by atoms with Crippen molar-refractivity contribution in [3.8, 4) is 0 Å². The average Bonchev–Trinajstić information content (AvgIpc) is 3.21. The first-order chi connectivity index (χ1) is 28.9. The SMILES string of the molecule is C=C(C)C(=O)OCCOC(=O)Nc1cccc(NC(=O)OC2CCC(C(C)(C)C3CCC(OC(=O)Nc4cccc(NC(=O)OCCOC(=O)C(=C)C)c4C)CC3)CC2)c1C. The van der Waals surface area contributed by atoms with Crippen LogP contribution in [0.3, 0.4) is 0 Å². The van der Waals surface area contributed by atoms with Crippen molar-refractivity contribution >= 4 is 59.1 Å². The molecule has 2 aliphatic rings. The molecule has 16 heteroatoms. The predicted molar refractivity (Wildman–Crippen MR) is 229 cm³/mol. The summed E-state index contributed by atoms with van der Waals surface area (Å²) >= 11 is 0. The zero-order chi connectivity index (χ0) is 44.7. The van der Waals surface area contributed by atoms with Crippen LogP contribution in [0.5, 0.6) is 0 Å². The van der Waals surface area contributed by atoms with Gasteiger partial charge in [-0.1, -0.05) is 39.1 Å². The molecule has 0 aromatic heterocycles. The smallest absolute Gasteiger partial charge is 0.411 e. The standard InChI is InChI=1S/C45H60N4O12/c1-27(2)39(50)56-23-25-58-41(52)46-35-11-9-13-37(29(35)5)48-43(54)60-33-19-15-31(16-20-33)45(7,8)32-17-21-34(22-18-32)61-44(55)49-38-14-10-12-36(30(38)6)47-42(53)59-26-24-57-40(51)28(3)4/h9-14,31-34H,1,3,15-26H2,2,4-8H3,(H,46,52)(H,47,53)(H,48,54)(H,49,55). The fraction of sp³-hybridized carbons (Fsp3) is 0.511. The third-order valence-electron chi connectivity index (χ3n) is 11.4. The second kappa shape index (κ2) is 22.5. The van der Waals surface area contributed by atoms with Crippen molar-refractivity contribution in [2.75, 3.05) is 47.7 Å². The molecule has 332 valence electrons. The maximum Gasteiger partial charge on any atom is 0.411 e. The quantitative estimate of drug-likeness (QED) is 0.0539. The minimum Gasteiger partial charge on any atom is -0.459 e. The maximum atomic E-state index is 13.0. The molecule has 2 fully saturated rings. The monoisotopic (exact) mass is 848 g/mol. The lowest BCUT2D eigenvalue weighted by molar-refractivity contribution is -0.140. The Morgan fingerprint density at radius 3 is 1.13 bits per heavy atom. The van der Waals surface area contributed by atoms with E-state index >= 15 is 0 Å². The number of carbonyl (C=O) groups excluding carboxylic acids is 6. The molecule has 2 saturated carbocycles. The van der Waals surface area contributed by atoms with E-state index in [1.807, 2.05) is 0 Å². The van der Waals surface area contributed by atoms with E-state index in [0.717, 1.165) is 51.4 Å². The Labute approximate surface area is 357 Å². The minimum atomic E-state index is -0.732. The molecule has 0 heterocycles. The number of anilines is 4. The molecule has 4 amide bonds. The molecule has 0 unspecified atom stereocenters. The molecular weight excluding hydrogens is 789 g/mol. The number of rotatable bonds is 16. The Balaban J connectivity index is 1.16. The third-order valence-corrected chi connectivity index (χ3v) is 11.4. The molecule has 16 nitrogen and oxygen atoms in total. The van der Waals surface area contributed by atoms with E-state index in [1.165, 1.54) is 13.8 Å². The Morgan fingerprint density at radius 2 is 0.820 bits per heavy atom. The molecule has 0 bridgehead atoms. The highest BCUT2D eigenvalue weighted by Gasteiger charge is 2.41. The lowest BCUT2D eigenvalue weighted by Crippen LogP contribution is -2.40. The summed E-state index contributed by atoms with van der Waals surface area (Å²) in [6.45, 7) is 17.7. The Hall–Kier alpha value is -6.06. The first-order valence-electron chi connectivity index (χ1n) is 20.6. The van der Waals surface area contributed by atoms with Gasteiger partial charge in [-0.2, -0.15) is 0 Å². The van der Waals surface area contributed by atoms with Crippen molar-refractivity contribution in [3.63, 3.8) is 0 Å². The van der Waals surface area contributed by atoms with Gasteiger partial charge in [-0.3, -0.25) is 21.3 Å². The van der Waals surface area contributed by atoms with Gasteiger partial charge in [-0.05, 0) is 132 Å². The minimum absolute atomic E-state index is 0.0437. The number of ether oxygens (including phenoxy) is 6. The topological polar surface area (TPSA) is 206 Å². The van der Waals surface area contributed by atoms with Crippen LogP contribution < -0.4 is 21.3 Å². The summed E-state index contributed by atoms with van der Waals surface area (Å²) in [4.78, 5) is 73.4. The highest BCUT2D eigenvalue weighted by Crippen LogP contribution is 2.49. The van der Waals surface area contributed by atoms with Gasteiger partial charge in [-0.25, -0.2) is 28.8 Å². The van der Waals surface area contributed by atoms with Crippen LogP contribution in [0.15, 0.2) is 60.7 Å². The number of amides is 4. The van der Waals surface area contributed by atoms with Gasteiger partial charge in [0, 0.05) is 33.9 Å². The first kappa shape index (κ1) is 47.6. The van der Waals surface area contributed by atoms with Crippen molar-refractivity contribution in [2.45, 2.75) is 105 Å². The van der Waals surface area contributed by atoms with Crippen molar-refractivity contribution in [1.29, 1.82) is 0 Å². The van der Waals surface area contributed by atoms with E-state index in [2.05, 4.69) is 48.3 Å². The average molecular weight is 849 g/mol. The van der Waals surface area contributed by atoms with Crippen LogP contribution in [0.2, 0.25) is 0 Å². The van der Waals surface area contributed by atoms with Gasteiger partial charge in [0.1, 0.15) is 38.6 Å². The second-order valence-electron chi connectivity index (χ2n) is 16.1. The summed E-state index contributed by atoms with van der Waals surface area (Å²) in [5, 5.41) is 10.9. The van der Waals surface area contributed by atoms with Gasteiger partial charge in [0.15, 0.2) is 0 Å². The largest absolute Gasteiger partial charge is 0.459 e. The number of benzene rings is 2. The summed E-state index contributed by atoms with van der Waals surface area (Å²) < 4.78 is 31.7. The molecule has 0 spiro atoms. The number of hydrogen-bond donors (Lipinski definition) is 4. The zero-order valence-electron chi connectivity index (χ0n) is 36.1. The van der Waals surface area contributed by atoms with Gasteiger partial charge in [0.25, 0.3) is 0 Å². The fourth-order valence-electron chi connectivity index (χ4n) is 7.65. The maximum absolute atomic E-state index is 13.0. The van der Waals surface area contributed by atoms with Gasteiger partial charge >= 0.3 is 36.3 Å². The lowest BCUT2D eigenvalue weighted by atomic mass is 9.60. The second-order valence-corrected chi connectivity index (χ2v) is 16.1. The normalized spacial score (nSPS) is 18.6. The molecule has 0 atom stereocenters. The molecule has 4 rings (SSSR count). The van der Waals surface area contributed by atoms with E-state index in [1.54, 1.807) is 50.2 Å². The van der Waals surface area contributed by atoms with Crippen LogP contribution in [0.1, 0.15) is 90.2 Å². The number of esters is 2. The van der Waals surface area contributed by atoms with Gasteiger partial charge < -0.3 is 28.4 Å². The Kier molecular flexibility index (Phi) is 17.6. The van der Waals surface area contributed by atoms with Crippen LogP contribution in [-0.4, -0.2) is 74.9 Å². The first-order valence-corrected chi connectivity index (χ1v) is 20.6. The molecule has 2 aromatic rings. The number of hydrogen-bond acceptors (Lipinski definition) is 12. The van der Waals surface area contributed by atoms with E-state index in [4.69, 9.17) is 28.4 Å². The summed E-state index contributed by atoms with van der Waals surface area (Å²) in [7, 11) is 0. The van der Waals surface area contributed by atoms with E-state index in [9.17, 15) is 28.8 Å². The van der Waals surface area contributed by atoms with Gasteiger partial charge in [-0.15, -0.1) is 0 Å².